The van der Waals surface area contributed by atoms with Gasteiger partial charge in [0.25, 0.3) is 10.0 Å². The van der Waals surface area contributed by atoms with E-state index >= 15 is 0 Å². The van der Waals surface area contributed by atoms with E-state index in [2.05, 4.69) is 10.0 Å². The number of anilines is 2. The largest absolute Gasteiger partial charge is 0.322 e. The number of allylic oxidation sites excluding steroid dienone is 1. The number of hydrogen-bond donors (Lipinski definition) is 2. The van der Waals surface area contributed by atoms with Crippen LogP contribution >= 0.6 is 11.6 Å². The molecule has 0 unspecified atom stereocenters. The van der Waals surface area contributed by atoms with Crippen molar-refractivity contribution in [3.8, 4) is 0 Å². The maximum absolute atomic E-state index is 12.4. The second kappa shape index (κ2) is 7.51. The summed E-state index contributed by atoms with van der Waals surface area (Å²) in [5.41, 5.74) is 1.65. The predicted molar refractivity (Wildman–Crippen MR) is 96.8 cm³/mol. The molecule has 1 amide bonds. The number of sulfonamides is 1. The number of carbonyl (C=O) groups excluding carboxylic acids is 1. The van der Waals surface area contributed by atoms with Gasteiger partial charge in [0.05, 0.1) is 4.90 Å². The van der Waals surface area contributed by atoms with Gasteiger partial charge in [0, 0.05) is 22.5 Å². The highest BCUT2D eigenvalue weighted by Gasteiger charge is 2.15. The molecule has 7 heteroatoms. The summed E-state index contributed by atoms with van der Waals surface area (Å²) in [5.74, 6) is -0.310. The van der Waals surface area contributed by atoms with Gasteiger partial charge in [-0.1, -0.05) is 23.2 Å². The van der Waals surface area contributed by atoms with Crippen molar-refractivity contribution in [3.63, 3.8) is 0 Å². The fraction of sp³-hybridized carbons (Fsp3) is 0.118. The second-order valence-electron chi connectivity index (χ2n) is 5.35. The third-order valence-corrected chi connectivity index (χ3v) is 4.56. The highest BCUT2D eigenvalue weighted by molar-refractivity contribution is 7.92. The summed E-state index contributed by atoms with van der Waals surface area (Å²) in [4.78, 5) is 11.8. The molecule has 0 fully saturated rings. The van der Waals surface area contributed by atoms with Crippen LogP contribution in [0.5, 0.6) is 0 Å². The number of nitrogens with one attached hydrogen (secondary N) is 2. The van der Waals surface area contributed by atoms with E-state index in [1.165, 1.54) is 18.2 Å². The first-order chi connectivity index (χ1) is 11.3. The predicted octanol–water partition coefficient (Wildman–Crippen LogP) is 4.05. The lowest BCUT2D eigenvalue weighted by Crippen LogP contribution is -2.14. The lowest BCUT2D eigenvalue weighted by molar-refractivity contribution is -0.111. The quantitative estimate of drug-likeness (QED) is 0.786. The van der Waals surface area contributed by atoms with Crippen molar-refractivity contribution < 1.29 is 13.2 Å². The third kappa shape index (κ3) is 5.11. The van der Waals surface area contributed by atoms with Gasteiger partial charge in [-0.15, -0.1) is 0 Å². The van der Waals surface area contributed by atoms with E-state index in [9.17, 15) is 13.2 Å². The summed E-state index contributed by atoms with van der Waals surface area (Å²) in [5, 5.41) is 3.15. The van der Waals surface area contributed by atoms with E-state index in [-0.39, 0.29) is 10.8 Å². The second-order valence-corrected chi connectivity index (χ2v) is 7.47. The Morgan fingerprint density at radius 2 is 1.71 bits per heavy atom. The van der Waals surface area contributed by atoms with Crippen LogP contribution in [0.4, 0.5) is 11.4 Å². The first kappa shape index (κ1) is 18.0. The highest BCUT2D eigenvalue weighted by Crippen LogP contribution is 2.20. The van der Waals surface area contributed by atoms with E-state index in [1.807, 2.05) is 0 Å². The summed E-state index contributed by atoms with van der Waals surface area (Å²) in [6.45, 7) is 3.60. The van der Waals surface area contributed by atoms with Gasteiger partial charge in [-0.05, 0) is 56.3 Å². The Morgan fingerprint density at radius 3 is 2.33 bits per heavy atom. The standard InChI is InChI=1S/C17H17ClN2O3S/c1-12(2)10-17(21)19-15-4-3-5-16(11-15)24(22,23)20-14-8-6-13(18)7-9-14/h3-11,20H,1-2H3,(H,19,21). The molecule has 0 heterocycles. The van der Waals surface area contributed by atoms with Crippen LogP contribution in [-0.4, -0.2) is 14.3 Å². The molecular formula is C17H17ClN2O3S. The van der Waals surface area contributed by atoms with Gasteiger partial charge in [0.15, 0.2) is 0 Å². The van der Waals surface area contributed by atoms with E-state index in [1.54, 1.807) is 50.2 Å². The molecule has 0 saturated carbocycles. The molecule has 0 aliphatic heterocycles. The minimum absolute atomic E-state index is 0.0486. The molecule has 5 nitrogen and oxygen atoms in total. The molecule has 0 saturated heterocycles. The van der Waals surface area contributed by atoms with Crippen molar-refractivity contribution in [2.45, 2.75) is 18.7 Å². The van der Waals surface area contributed by atoms with Crippen LogP contribution in [0.1, 0.15) is 13.8 Å². The first-order valence-corrected chi connectivity index (χ1v) is 8.97. The lowest BCUT2D eigenvalue weighted by atomic mass is 10.3. The molecule has 0 aromatic heterocycles. The topological polar surface area (TPSA) is 75.3 Å². The average molecular weight is 365 g/mol. The Kier molecular flexibility index (Phi) is 5.64. The molecule has 0 spiro atoms. The van der Waals surface area contributed by atoms with E-state index in [0.29, 0.717) is 16.4 Å². The number of hydrogen-bond acceptors (Lipinski definition) is 3. The van der Waals surface area contributed by atoms with Crippen molar-refractivity contribution in [1.82, 2.24) is 0 Å². The van der Waals surface area contributed by atoms with Crippen molar-refractivity contribution in [1.29, 1.82) is 0 Å². The zero-order valence-electron chi connectivity index (χ0n) is 13.2. The SMILES string of the molecule is CC(C)=CC(=O)Nc1cccc(S(=O)(=O)Nc2ccc(Cl)cc2)c1. The Hall–Kier alpha value is -2.31. The van der Waals surface area contributed by atoms with Crippen molar-refractivity contribution >= 4 is 38.9 Å². The normalized spacial score (nSPS) is 10.8. The zero-order chi connectivity index (χ0) is 17.7. The summed E-state index contributed by atoms with van der Waals surface area (Å²) in [6, 6.07) is 12.4. The van der Waals surface area contributed by atoms with Crippen molar-refractivity contribution in [2.24, 2.45) is 0 Å². The number of rotatable bonds is 5. The molecule has 2 aromatic carbocycles. The summed E-state index contributed by atoms with van der Waals surface area (Å²) in [7, 11) is -3.77. The van der Waals surface area contributed by atoms with Crippen LogP contribution < -0.4 is 10.0 Å². The lowest BCUT2D eigenvalue weighted by Gasteiger charge is -2.10. The van der Waals surface area contributed by atoms with Crippen LogP contribution in [0.15, 0.2) is 65.1 Å². The summed E-state index contributed by atoms with van der Waals surface area (Å²) < 4.78 is 27.3. The fourth-order valence-corrected chi connectivity index (χ4v) is 3.14. The molecular weight excluding hydrogens is 348 g/mol. The number of carbonyl (C=O) groups is 1. The van der Waals surface area contributed by atoms with Gasteiger partial charge in [0.2, 0.25) is 5.91 Å². The highest BCUT2D eigenvalue weighted by atomic mass is 35.5. The molecule has 2 rings (SSSR count). The summed E-state index contributed by atoms with van der Waals surface area (Å²) in [6.07, 6.45) is 1.44. The molecule has 0 atom stereocenters. The monoisotopic (exact) mass is 364 g/mol. The maximum Gasteiger partial charge on any atom is 0.261 e. The smallest absolute Gasteiger partial charge is 0.261 e. The molecule has 0 bridgehead atoms. The Labute approximate surface area is 146 Å². The van der Waals surface area contributed by atoms with Crippen LogP contribution in [-0.2, 0) is 14.8 Å². The number of benzene rings is 2. The maximum atomic E-state index is 12.4. The Balaban J connectivity index is 2.21. The first-order valence-electron chi connectivity index (χ1n) is 7.10. The average Bonchev–Trinajstić information content (AvgIpc) is 2.49. The van der Waals surface area contributed by atoms with Gasteiger partial charge in [0.1, 0.15) is 0 Å². The fourth-order valence-electron chi connectivity index (χ4n) is 1.91. The van der Waals surface area contributed by atoms with E-state index in [4.69, 9.17) is 11.6 Å². The molecule has 24 heavy (non-hydrogen) atoms. The van der Waals surface area contributed by atoms with E-state index < -0.39 is 10.0 Å². The number of amides is 1. The molecule has 126 valence electrons. The van der Waals surface area contributed by atoms with Gasteiger partial charge in [-0.3, -0.25) is 9.52 Å². The van der Waals surface area contributed by atoms with Crippen LogP contribution in [0.3, 0.4) is 0 Å². The number of halogens is 1. The van der Waals surface area contributed by atoms with Gasteiger partial charge >= 0.3 is 0 Å². The zero-order valence-corrected chi connectivity index (χ0v) is 14.8. The van der Waals surface area contributed by atoms with Crippen LogP contribution in [0, 0.1) is 0 Å². The Bertz CT molecular complexity index is 871. The van der Waals surface area contributed by atoms with Gasteiger partial charge in [-0.25, -0.2) is 8.42 Å². The van der Waals surface area contributed by atoms with Crippen molar-refractivity contribution in [2.75, 3.05) is 10.0 Å². The molecule has 0 aliphatic rings. The van der Waals surface area contributed by atoms with E-state index in [0.717, 1.165) is 5.57 Å². The van der Waals surface area contributed by atoms with Crippen LogP contribution in [0.25, 0.3) is 0 Å². The van der Waals surface area contributed by atoms with Crippen LogP contribution in [0.2, 0.25) is 5.02 Å². The molecule has 0 radical (unpaired) electrons. The third-order valence-electron chi connectivity index (χ3n) is 2.93. The molecule has 2 aromatic rings. The Morgan fingerprint density at radius 1 is 1.04 bits per heavy atom. The van der Waals surface area contributed by atoms with Crippen molar-refractivity contribution in [3.05, 3.63) is 65.2 Å². The van der Waals surface area contributed by atoms with Gasteiger partial charge in [-0.2, -0.15) is 0 Å². The van der Waals surface area contributed by atoms with Gasteiger partial charge < -0.3 is 5.32 Å². The summed E-state index contributed by atoms with van der Waals surface area (Å²) >= 11 is 5.78. The minimum atomic E-state index is -3.77. The molecule has 0 aliphatic carbocycles. The minimum Gasteiger partial charge on any atom is -0.322 e. The molecule has 2 N–H and O–H groups in total.